The number of nitrogens with zero attached hydrogens (tertiary/aromatic N) is 1. The number of benzene rings is 1. The van der Waals surface area contributed by atoms with E-state index in [4.69, 9.17) is 0 Å². The van der Waals surface area contributed by atoms with Crippen LogP contribution in [0.4, 0.5) is 4.39 Å². The molecule has 6 heteroatoms. The van der Waals surface area contributed by atoms with Crippen molar-refractivity contribution in [3.05, 3.63) is 29.1 Å². The highest BCUT2D eigenvalue weighted by atomic mass is 35.5. The molecule has 126 valence electrons. The van der Waals surface area contributed by atoms with Crippen molar-refractivity contribution in [3.8, 4) is 5.75 Å². The maximum Gasteiger partial charge on any atom is 0.168 e. The molecular weight excluding hydrogens is 326 g/mol. The normalized spacial score (nSPS) is 20.5. The molecule has 2 fully saturated rings. The van der Waals surface area contributed by atoms with Crippen molar-refractivity contribution in [2.75, 3.05) is 26.2 Å². The fraction of sp³-hybridized carbons (Fsp3) is 0.625. The third kappa shape index (κ3) is 3.67. The molecule has 1 aliphatic carbocycles. The first-order chi connectivity index (χ1) is 9.68. The summed E-state index contributed by atoms with van der Waals surface area (Å²) in [5.41, 5.74) is 1.29. The molecular formula is C16H25Cl2FN2O. The van der Waals surface area contributed by atoms with E-state index in [1.54, 1.807) is 13.0 Å². The Morgan fingerprint density at radius 3 is 2.41 bits per heavy atom. The van der Waals surface area contributed by atoms with Gasteiger partial charge in [-0.2, -0.15) is 0 Å². The van der Waals surface area contributed by atoms with Gasteiger partial charge < -0.3 is 10.4 Å². The number of halogens is 3. The van der Waals surface area contributed by atoms with Crippen LogP contribution in [0.3, 0.4) is 0 Å². The van der Waals surface area contributed by atoms with Crippen molar-refractivity contribution in [2.24, 2.45) is 5.92 Å². The average Bonchev–Trinajstić information content (AvgIpc) is 2.42. The first kappa shape index (κ1) is 19.5. The van der Waals surface area contributed by atoms with E-state index < -0.39 is 5.82 Å². The summed E-state index contributed by atoms with van der Waals surface area (Å²) in [6.07, 6.45) is 3.62. The number of aromatic hydroxyl groups is 1. The van der Waals surface area contributed by atoms with Gasteiger partial charge in [0.2, 0.25) is 0 Å². The Balaban J connectivity index is 0.00000121. The average molecular weight is 351 g/mol. The van der Waals surface area contributed by atoms with Gasteiger partial charge in [-0.1, -0.05) is 18.6 Å². The first-order valence-corrected chi connectivity index (χ1v) is 7.61. The molecule has 0 radical (unpaired) electrons. The van der Waals surface area contributed by atoms with Crippen LogP contribution in [0.2, 0.25) is 0 Å². The Kier molecular flexibility index (Phi) is 7.39. The third-order valence-corrected chi connectivity index (χ3v) is 4.80. The van der Waals surface area contributed by atoms with Crippen LogP contribution >= 0.6 is 24.8 Å². The molecule has 1 aliphatic heterocycles. The molecule has 1 saturated carbocycles. The van der Waals surface area contributed by atoms with Crippen LogP contribution < -0.4 is 5.32 Å². The molecule has 0 spiro atoms. The molecule has 22 heavy (non-hydrogen) atoms. The second-order valence-electron chi connectivity index (χ2n) is 6.06. The zero-order valence-corrected chi connectivity index (χ0v) is 14.5. The molecule has 1 saturated heterocycles. The molecule has 2 aliphatic rings. The highest BCUT2D eigenvalue weighted by Crippen LogP contribution is 2.44. The lowest BCUT2D eigenvalue weighted by atomic mass is 9.76. The van der Waals surface area contributed by atoms with E-state index in [0.29, 0.717) is 11.5 Å². The van der Waals surface area contributed by atoms with Gasteiger partial charge in [-0.15, -0.1) is 24.8 Å². The quantitative estimate of drug-likeness (QED) is 0.876. The number of hydrogen-bond acceptors (Lipinski definition) is 3. The zero-order chi connectivity index (χ0) is 14.1. The van der Waals surface area contributed by atoms with E-state index in [0.717, 1.165) is 31.7 Å². The van der Waals surface area contributed by atoms with Gasteiger partial charge in [0.25, 0.3) is 0 Å². The summed E-state index contributed by atoms with van der Waals surface area (Å²) in [5, 5.41) is 13.6. The highest BCUT2D eigenvalue weighted by Gasteiger charge is 2.35. The molecule has 1 heterocycles. The lowest BCUT2D eigenvalue weighted by Gasteiger charge is -2.43. The third-order valence-electron chi connectivity index (χ3n) is 4.80. The molecule has 1 aromatic carbocycles. The summed E-state index contributed by atoms with van der Waals surface area (Å²) in [4.78, 5) is 2.41. The highest BCUT2D eigenvalue weighted by molar-refractivity contribution is 5.85. The number of rotatable bonds is 3. The number of aryl methyl sites for hydroxylation is 1. The Morgan fingerprint density at radius 2 is 1.86 bits per heavy atom. The number of piperazine rings is 1. The van der Waals surface area contributed by atoms with E-state index in [2.05, 4.69) is 10.2 Å². The Labute approximate surface area is 144 Å². The predicted molar refractivity (Wildman–Crippen MR) is 91.8 cm³/mol. The zero-order valence-electron chi connectivity index (χ0n) is 12.8. The van der Waals surface area contributed by atoms with Crippen LogP contribution in [0.1, 0.15) is 36.4 Å². The summed E-state index contributed by atoms with van der Waals surface area (Å²) in [6, 6.07) is 3.87. The Hall–Kier alpha value is -0.550. The second kappa shape index (κ2) is 8.34. The van der Waals surface area contributed by atoms with Crippen LogP contribution in [0.15, 0.2) is 12.1 Å². The maximum absolute atomic E-state index is 14.0. The number of hydrogen-bond donors (Lipinski definition) is 2. The smallest absolute Gasteiger partial charge is 0.168 e. The minimum atomic E-state index is -0.457. The SMILES string of the molecule is Cc1ccc([C@H](C2CCC2)N2CCNCC2)c(O)c1F.Cl.Cl. The summed E-state index contributed by atoms with van der Waals surface area (Å²) in [5.74, 6) is -0.0384. The fourth-order valence-corrected chi connectivity index (χ4v) is 3.38. The van der Waals surface area contributed by atoms with Gasteiger partial charge in [-0.05, 0) is 31.2 Å². The molecule has 1 atom stereocenters. The monoisotopic (exact) mass is 350 g/mol. The second-order valence-corrected chi connectivity index (χ2v) is 6.06. The van der Waals surface area contributed by atoms with Gasteiger partial charge in [0.1, 0.15) is 0 Å². The van der Waals surface area contributed by atoms with Crippen molar-refractivity contribution < 1.29 is 9.50 Å². The standard InChI is InChI=1S/C16H23FN2O.2ClH/c1-11-5-6-13(16(20)14(11)17)15(12-3-2-4-12)19-9-7-18-8-10-19;;/h5-6,12,15,18,20H,2-4,7-10H2,1H3;2*1H/t15-;;/m0../s1. The van der Waals surface area contributed by atoms with E-state index >= 15 is 0 Å². The number of nitrogens with one attached hydrogen (secondary N) is 1. The molecule has 0 unspecified atom stereocenters. The molecule has 0 bridgehead atoms. The summed E-state index contributed by atoms with van der Waals surface area (Å²) < 4.78 is 14.0. The van der Waals surface area contributed by atoms with Crippen LogP contribution in [0.25, 0.3) is 0 Å². The van der Waals surface area contributed by atoms with Crippen molar-refractivity contribution >= 4 is 24.8 Å². The first-order valence-electron chi connectivity index (χ1n) is 7.61. The molecule has 2 N–H and O–H groups in total. The van der Waals surface area contributed by atoms with E-state index in [9.17, 15) is 9.50 Å². The van der Waals surface area contributed by atoms with Crippen molar-refractivity contribution in [1.82, 2.24) is 10.2 Å². The van der Waals surface area contributed by atoms with E-state index in [1.807, 2.05) is 6.07 Å². The minimum absolute atomic E-state index is 0. The van der Waals surface area contributed by atoms with Gasteiger partial charge in [0.15, 0.2) is 11.6 Å². The summed E-state index contributed by atoms with van der Waals surface area (Å²) >= 11 is 0. The lowest BCUT2D eigenvalue weighted by molar-refractivity contribution is 0.0815. The van der Waals surface area contributed by atoms with Gasteiger partial charge in [-0.25, -0.2) is 4.39 Å². The van der Waals surface area contributed by atoms with Gasteiger partial charge >= 0.3 is 0 Å². The summed E-state index contributed by atoms with van der Waals surface area (Å²) in [7, 11) is 0. The minimum Gasteiger partial charge on any atom is -0.505 e. The van der Waals surface area contributed by atoms with E-state index in [1.165, 1.54) is 19.3 Å². The molecule has 1 aromatic rings. The van der Waals surface area contributed by atoms with Crippen LogP contribution in [0, 0.1) is 18.7 Å². The molecule has 3 nitrogen and oxygen atoms in total. The number of phenolic OH excluding ortho intramolecular Hbond substituents is 1. The largest absolute Gasteiger partial charge is 0.505 e. The lowest BCUT2D eigenvalue weighted by Crippen LogP contribution is -2.47. The fourth-order valence-electron chi connectivity index (χ4n) is 3.38. The van der Waals surface area contributed by atoms with Gasteiger partial charge in [0, 0.05) is 37.8 Å². The van der Waals surface area contributed by atoms with Crippen molar-refractivity contribution in [1.29, 1.82) is 0 Å². The molecule has 0 amide bonds. The predicted octanol–water partition coefficient (Wildman–Crippen LogP) is 3.43. The maximum atomic E-state index is 14.0. The van der Waals surface area contributed by atoms with Crippen LogP contribution in [-0.4, -0.2) is 36.2 Å². The number of phenols is 1. The Bertz CT molecular complexity index is 491. The Morgan fingerprint density at radius 1 is 1.23 bits per heavy atom. The topological polar surface area (TPSA) is 35.5 Å². The van der Waals surface area contributed by atoms with Crippen molar-refractivity contribution in [2.45, 2.75) is 32.2 Å². The van der Waals surface area contributed by atoms with Gasteiger partial charge in [0.05, 0.1) is 0 Å². The van der Waals surface area contributed by atoms with Gasteiger partial charge in [-0.3, -0.25) is 4.90 Å². The van der Waals surface area contributed by atoms with Crippen LogP contribution in [0.5, 0.6) is 5.75 Å². The van der Waals surface area contributed by atoms with Crippen LogP contribution in [-0.2, 0) is 0 Å². The van der Waals surface area contributed by atoms with Crippen molar-refractivity contribution in [3.63, 3.8) is 0 Å². The molecule has 3 rings (SSSR count). The summed E-state index contributed by atoms with van der Waals surface area (Å²) in [6.45, 7) is 5.57. The molecule has 0 aromatic heterocycles. The van der Waals surface area contributed by atoms with E-state index in [-0.39, 0.29) is 36.6 Å².